The van der Waals surface area contributed by atoms with Crippen LogP contribution in [0.15, 0.2) is 12.1 Å². The van der Waals surface area contributed by atoms with Crippen molar-refractivity contribution in [3.63, 3.8) is 0 Å². The molecule has 0 unspecified atom stereocenters. The SMILES string of the molecule is COc1cc([C@@H](O)CN)cc(NC(=O)OC(C)(C)C)c1O. The van der Waals surface area contributed by atoms with Crippen molar-refractivity contribution in [1.82, 2.24) is 0 Å². The maximum absolute atomic E-state index is 11.8. The van der Waals surface area contributed by atoms with Gasteiger partial charge in [-0.05, 0) is 38.5 Å². The molecule has 0 saturated carbocycles. The van der Waals surface area contributed by atoms with Crippen LogP contribution in [0.25, 0.3) is 0 Å². The summed E-state index contributed by atoms with van der Waals surface area (Å²) in [5.41, 5.74) is 5.22. The highest BCUT2D eigenvalue weighted by atomic mass is 16.6. The summed E-state index contributed by atoms with van der Waals surface area (Å²) in [4.78, 5) is 11.8. The number of carbonyl (C=O) groups is 1. The number of nitrogens with two attached hydrogens (primary N) is 1. The van der Waals surface area contributed by atoms with E-state index in [1.807, 2.05) is 0 Å². The summed E-state index contributed by atoms with van der Waals surface area (Å²) in [6.45, 7) is 5.17. The lowest BCUT2D eigenvalue weighted by molar-refractivity contribution is 0.0635. The quantitative estimate of drug-likeness (QED) is 0.630. The van der Waals surface area contributed by atoms with E-state index in [1.54, 1.807) is 20.8 Å². The van der Waals surface area contributed by atoms with Crippen LogP contribution in [0.2, 0.25) is 0 Å². The number of rotatable bonds is 4. The summed E-state index contributed by atoms with van der Waals surface area (Å²) in [6, 6.07) is 2.87. The second kappa shape index (κ2) is 6.64. The molecule has 0 aromatic heterocycles. The normalized spacial score (nSPS) is 12.7. The standard InChI is InChI=1S/C14H22N2O5/c1-14(2,3)21-13(19)16-9-5-8(10(17)7-15)6-11(20-4)12(9)18/h5-6,10,17-18H,7,15H2,1-4H3,(H,16,19)/t10-/m0/s1. The Labute approximate surface area is 123 Å². The number of aliphatic hydroxyl groups is 1. The molecule has 1 amide bonds. The van der Waals surface area contributed by atoms with Gasteiger partial charge >= 0.3 is 6.09 Å². The Morgan fingerprint density at radius 1 is 1.43 bits per heavy atom. The fourth-order valence-corrected chi connectivity index (χ4v) is 1.62. The second-order valence-electron chi connectivity index (χ2n) is 5.50. The number of nitrogens with one attached hydrogen (secondary N) is 1. The third-order valence-corrected chi connectivity index (χ3v) is 2.56. The number of hydrogen-bond acceptors (Lipinski definition) is 6. The molecule has 118 valence electrons. The van der Waals surface area contributed by atoms with Crippen LogP contribution in [0.5, 0.6) is 11.5 Å². The molecular formula is C14H22N2O5. The Balaban J connectivity index is 3.07. The summed E-state index contributed by atoms with van der Waals surface area (Å²) in [7, 11) is 1.37. The minimum atomic E-state index is -0.932. The highest BCUT2D eigenvalue weighted by molar-refractivity contribution is 5.88. The van der Waals surface area contributed by atoms with Crippen LogP contribution in [0.1, 0.15) is 32.4 Å². The first kappa shape index (κ1) is 17.1. The molecule has 21 heavy (non-hydrogen) atoms. The molecule has 1 aromatic rings. The molecule has 0 fully saturated rings. The maximum atomic E-state index is 11.8. The van der Waals surface area contributed by atoms with E-state index in [0.29, 0.717) is 5.56 Å². The second-order valence-corrected chi connectivity index (χ2v) is 5.50. The topological polar surface area (TPSA) is 114 Å². The third kappa shape index (κ3) is 4.80. The fourth-order valence-electron chi connectivity index (χ4n) is 1.62. The summed E-state index contributed by atoms with van der Waals surface area (Å²) >= 11 is 0. The van der Waals surface area contributed by atoms with E-state index in [9.17, 15) is 15.0 Å². The van der Waals surface area contributed by atoms with Gasteiger partial charge in [0.2, 0.25) is 0 Å². The van der Waals surface area contributed by atoms with Crippen LogP contribution >= 0.6 is 0 Å². The molecule has 7 heteroatoms. The number of hydrogen-bond donors (Lipinski definition) is 4. The molecule has 1 aromatic carbocycles. The zero-order chi connectivity index (χ0) is 16.2. The predicted octanol–water partition coefficient (Wildman–Crippen LogP) is 1.74. The Bertz CT molecular complexity index is 511. The lowest BCUT2D eigenvalue weighted by atomic mass is 10.1. The van der Waals surface area contributed by atoms with Gasteiger partial charge in [-0.25, -0.2) is 4.79 Å². The molecular weight excluding hydrogens is 276 g/mol. The monoisotopic (exact) mass is 298 g/mol. The summed E-state index contributed by atoms with van der Waals surface area (Å²) in [5.74, 6) is -0.137. The number of methoxy groups -OCH3 is 1. The molecule has 0 aliphatic heterocycles. The molecule has 0 saturated heterocycles. The lowest BCUT2D eigenvalue weighted by Crippen LogP contribution is -2.27. The van der Waals surface area contributed by atoms with E-state index >= 15 is 0 Å². The molecule has 5 N–H and O–H groups in total. The van der Waals surface area contributed by atoms with Gasteiger partial charge in [0, 0.05) is 6.54 Å². The smallest absolute Gasteiger partial charge is 0.412 e. The fraction of sp³-hybridized carbons (Fsp3) is 0.500. The van der Waals surface area contributed by atoms with E-state index in [2.05, 4.69) is 5.32 Å². The van der Waals surface area contributed by atoms with Gasteiger partial charge in [-0.15, -0.1) is 0 Å². The van der Waals surface area contributed by atoms with Crippen molar-refractivity contribution in [3.05, 3.63) is 17.7 Å². The van der Waals surface area contributed by atoms with Crippen molar-refractivity contribution >= 4 is 11.8 Å². The molecule has 1 rings (SSSR count). The van der Waals surface area contributed by atoms with Crippen LogP contribution in [0.4, 0.5) is 10.5 Å². The number of phenols is 1. The zero-order valence-electron chi connectivity index (χ0n) is 12.6. The maximum Gasteiger partial charge on any atom is 0.412 e. The number of ether oxygens (including phenoxy) is 2. The van der Waals surface area contributed by atoms with Gasteiger partial charge in [-0.2, -0.15) is 0 Å². The third-order valence-electron chi connectivity index (χ3n) is 2.56. The Morgan fingerprint density at radius 2 is 2.05 bits per heavy atom. The minimum absolute atomic E-state index is 0.000191. The van der Waals surface area contributed by atoms with E-state index in [4.69, 9.17) is 15.2 Å². The Hall–Kier alpha value is -1.99. The van der Waals surface area contributed by atoms with Gasteiger partial charge in [0.05, 0.1) is 18.9 Å². The molecule has 0 aliphatic carbocycles. The van der Waals surface area contributed by atoms with E-state index in [0.717, 1.165) is 0 Å². The van der Waals surface area contributed by atoms with Gasteiger partial charge < -0.3 is 25.4 Å². The van der Waals surface area contributed by atoms with E-state index < -0.39 is 17.8 Å². The number of amides is 1. The van der Waals surface area contributed by atoms with Crippen molar-refractivity contribution < 1.29 is 24.5 Å². The van der Waals surface area contributed by atoms with Crippen molar-refractivity contribution in [2.75, 3.05) is 19.0 Å². The molecule has 0 bridgehead atoms. The Morgan fingerprint density at radius 3 is 2.52 bits per heavy atom. The molecule has 1 atom stereocenters. The van der Waals surface area contributed by atoms with Gasteiger partial charge in [0.25, 0.3) is 0 Å². The first-order valence-electron chi connectivity index (χ1n) is 6.47. The summed E-state index contributed by atoms with van der Waals surface area (Å²) in [5, 5.41) is 22.2. The van der Waals surface area contributed by atoms with Crippen LogP contribution in [-0.2, 0) is 4.74 Å². The minimum Gasteiger partial charge on any atom is -0.503 e. The van der Waals surface area contributed by atoms with Crippen molar-refractivity contribution in [2.24, 2.45) is 5.73 Å². The molecule has 0 spiro atoms. The van der Waals surface area contributed by atoms with Crippen molar-refractivity contribution in [1.29, 1.82) is 0 Å². The lowest BCUT2D eigenvalue weighted by Gasteiger charge is -2.21. The van der Waals surface area contributed by atoms with Crippen LogP contribution in [-0.4, -0.2) is 35.6 Å². The molecule has 7 nitrogen and oxygen atoms in total. The van der Waals surface area contributed by atoms with Crippen LogP contribution in [0.3, 0.4) is 0 Å². The van der Waals surface area contributed by atoms with Gasteiger partial charge in [-0.3, -0.25) is 5.32 Å². The number of aliphatic hydroxyl groups excluding tert-OH is 1. The van der Waals surface area contributed by atoms with Gasteiger partial charge in [-0.1, -0.05) is 0 Å². The van der Waals surface area contributed by atoms with Crippen molar-refractivity contribution in [3.8, 4) is 11.5 Å². The summed E-state index contributed by atoms with van der Waals surface area (Å²) < 4.78 is 10.1. The predicted molar refractivity (Wildman–Crippen MR) is 78.5 cm³/mol. The number of aromatic hydroxyl groups is 1. The number of phenolic OH excluding ortho intramolecular Hbond substituents is 1. The van der Waals surface area contributed by atoms with Crippen molar-refractivity contribution in [2.45, 2.75) is 32.5 Å². The van der Waals surface area contributed by atoms with Gasteiger partial charge in [0.15, 0.2) is 11.5 Å². The Kier molecular flexibility index (Phi) is 5.40. The summed E-state index contributed by atoms with van der Waals surface area (Å²) in [6.07, 6.45) is -1.65. The van der Waals surface area contributed by atoms with E-state index in [-0.39, 0.29) is 23.7 Å². The number of benzene rings is 1. The zero-order valence-corrected chi connectivity index (χ0v) is 12.6. The van der Waals surface area contributed by atoms with Gasteiger partial charge in [0.1, 0.15) is 5.60 Å². The highest BCUT2D eigenvalue weighted by Crippen LogP contribution is 2.37. The number of carbonyl (C=O) groups excluding carboxylic acids is 1. The molecule has 0 aliphatic rings. The van der Waals surface area contributed by atoms with Crippen LogP contribution in [0, 0.1) is 0 Å². The average Bonchev–Trinajstić information content (AvgIpc) is 2.37. The molecule has 0 radical (unpaired) electrons. The first-order chi connectivity index (χ1) is 9.67. The first-order valence-corrected chi connectivity index (χ1v) is 6.47. The highest BCUT2D eigenvalue weighted by Gasteiger charge is 2.20. The average molecular weight is 298 g/mol. The van der Waals surface area contributed by atoms with Crippen LogP contribution < -0.4 is 15.8 Å². The van der Waals surface area contributed by atoms with E-state index in [1.165, 1.54) is 19.2 Å². The molecule has 0 heterocycles. The largest absolute Gasteiger partial charge is 0.503 e. The number of anilines is 1.